The van der Waals surface area contributed by atoms with Crippen LogP contribution in [0.4, 0.5) is 0 Å². The minimum Gasteiger partial charge on any atom is -0.386 e. The number of benzene rings is 1. The molecule has 0 aromatic heterocycles. The van der Waals surface area contributed by atoms with Crippen LogP contribution in [-0.2, 0) is 0 Å². The van der Waals surface area contributed by atoms with Gasteiger partial charge in [0.25, 0.3) is 11.8 Å². The zero-order chi connectivity index (χ0) is 13.3. The van der Waals surface area contributed by atoms with Gasteiger partial charge in [0.1, 0.15) is 5.84 Å². The first-order valence-corrected chi connectivity index (χ1v) is 5.55. The molecule has 94 valence electrons. The van der Waals surface area contributed by atoms with Crippen molar-refractivity contribution < 1.29 is 9.59 Å². The van der Waals surface area contributed by atoms with Crippen molar-refractivity contribution in [3.05, 3.63) is 35.4 Å². The number of fused-ring (bicyclic) bond motifs is 1. The minimum atomic E-state index is -0.371. The zero-order valence-corrected chi connectivity index (χ0v) is 9.96. The molecule has 6 heteroatoms. The summed E-state index contributed by atoms with van der Waals surface area (Å²) in [5.74, 6) is 4.66. The van der Waals surface area contributed by atoms with E-state index in [9.17, 15) is 9.59 Å². The second kappa shape index (κ2) is 4.48. The van der Waals surface area contributed by atoms with Gasteiger partial charge in [-0.3, -0.25) is 14.5 Å². The van der Waals surface area contributed by atoms with E-state index < -0.39 is 0 Å². The summed E-state index contributed by atoms with van der Waals surface area (Å²) >= 11 is 0. The molecule has 1 aliphatic heterocycles. The maximum atomic E-state index is 12.1. The molecule has 0 spiro atoms. The van der Waals surface area contributed by atoms with Crippen molar-refractivity contribution in [3.8, 4) is 0 Å². The molecule has 2 rings (SSSR count). The Kier molecular flexibility index (Phi) is 3.01. The van der Waals surface area contributed by atoms with Crippen LogP contribution in [0.5, 0.6) is 0 Å². The Hall–Kier alpha value is -2.37. The van der Waals surface area contributed by atoms with Crippen LogP contribution >= 0.6 is 0 Å². The second-order valence-corrected chi connectivity index (χ2v) is 4.20. The molecular formula is C12H14N4O2. The van der Waals surface area contributed by atoms with Crippen LogP contribution in [-0.4, -0.2) is 28.6 Å². The van der Waals surface area contributed by atoms with Gasteiger partial charge < -0.3 is 11.6 Å². The first kappa shape index (κ1) is 12.1. The SMILES string of the molecule is C[C@H](C/C(N)=N/N)N1C(=O)c2ccccc2C1=O. The highest BCUT2D eigenvalue weighted by Crippen LogP contribution is 2.25. The molecule has 0 bridgehead atoms. The van der Waals surface area contributed by atoms with Gasteiger partial charge in [-0.2, -0.15) is 5.10 Å². The number of nitrogens with two attached hydrogens (primary N) is 2. The van der Waals surface area contributed by atoms with Gasteiger partial charge in [0.2, 0.25) is 0 Å². The molecule has 0 fully saturated rings. The normalized spacial score (nSPS) is 16.9. The third-order valence-electron chi connectivity index (χ3n) is 2.94. The number of carbonyl (C=O) groups excluding carboxylic acids is 2. The number of rotatable bonds is 3. The number of nitrogens with zero attached hydrogens (tertiary/aromatic N) is 2. The number of hydrogen-bond donors (Lipinski definition) is 2. The molecule has 0 radical (unpaired) electrons. The van der Waals surface area contributed by atoms with Crippen molar-refractivity contribution in [2.75, 3.05) is 0 Å². The van der Waals surface area contributed by atoms with E-state index in [-0.39, 0.29) is 30.1 Å². The number of amides is 2. The van der Waals surface area contributed by atoms with Crippen molar-refractivity contribution >= 4 is 17.6 Å². The Morgan fingerprint density at radius 2 is 1.78 bits per heavy atom. The fourth-order valence-corrected chi connectivity index (χ4v) is 2.05. The van der Waals surface area contributed by atoms with Crippen LogP contribution in [0.25, 0.3) is 0 Å². The van der Waals surface area contributed by atoms with E-state index in [1.165, 1.54) is 4.90 Å². The lowest BCUT2D eigenvalue weighted by molar-refractivity contribution is 0.0601. The maximum absolute atomic E-state index is 12.1. The van der Waals surface area contributed by atoms with E-state index in [2.05, 4.69) is 5.10 Å². The van der Waals surface area contributed by atoms with Crippen LogP contribution in [0.15, 0.2) is 29.4 Å². The van der Waals surface area contributed by atoms with Gasteiger partial charge in [0.15, 0.2) is 0 Å². The topological polar surface area (TPSA) is 102 Å². The van der Waals surface area contributed by atoms with Crippen molar-refractivity contribution in [3.63, 3.8) is 0 Å². The predicted molar refractivity (Wildman–Crippen MR) is 66.8 cm³/mol. The van der Waals surface area contributed by atoms with Gasteiger partial charge in [0, 0.05) is 12.5 Å². The molecule has 4 N–H and O–H groups in total. The number of amidine groups is 1. The van der Waals surface area contributed by atoms with E-state index in [1.807, 2.05) is 0 Å². The molecule has 0 unspecified atom stereocenters. The smallest absolute Gasteiger partial charge is 0.261 e. The molecule has 1 aromatic carbocycles. The van der Waals surface area contributed by atoms with Crippen molar-refractivity contribution in [2.45, 2.75) is 19.4 Å². The summed E-state index contributed by atoms with van der Waals surface area (Å²) < 4.78 is 0. The van der Waals surface area contributed by atoms with Gasteiger partial charge in [0.05, 0.1) is 11.1 Å². The van der Waals surface area contributed by atoms with Crippen molar-refractivity contribution in [1.82, 2.24) is 4.90 Å². The molecule has 2 amide bonds. The summed E-state index contributed by atoms with van der Waals surface area (Å²) in [6.07, 6.45) is 0.266. The molecule has 0 aliphatic carbocycles. The molecule has 1 atom stereocenters. The average molecular weight is 246 g/mol. The maximum Gasteiger partial charge on any atom is 0.261 e. The quantitative estimate of drug-likeness (QED) is 0.263. The van der Waals surface area contributed by atoms with Gasteiger partial charge in [-0.25, -0.2) is 0 Å². The van der Waals surface area contributed by atoms with Crippen LogP contribution < -0.4 is 11.6 Å². The highest BCUT2D eigenvalue weighted by Gasteiger charge is 2.38. The van der Waals surface area contributed by atoms with E-state index in [0.29, 0.717) is 11.1 Å². The molecule has 1 aromatic rings. The molecule has 6 nitrogen and oxygen atoms in total. The Bertz CT molecular complexity index is 504. The number of hydrazone groups is 1. The monoisotopic (exact) mass is 246 g/mol. The van der Waals surface area contributed by atoms with Crippen molar-refractivity contribution in [1.29, 1.82) is 0 Å². The summed E-state index contributed by atoms with van der Waals surface area (Å²) in [5.41, 5.74) is 6.37. The molecule has 0 saturated carbocycles. The standard InChI is InChI=1S/C12H14N4O2/c1-7(6-10(13)15-14)16-11(17)8-4-2-3-5-9(8)12(16)18/h2-5,7H,6,14H2,1H3,(H2,13,15)/t7-/m1/s1. The van der Waals surface area contributed by atoms with E-state index in [0.717, 1.165) is 0 Å². The Labute approximate surface area is 104 Å². The lowest BCUT2D eigenvalue weighted by Gasteiger charge is -2.21. The van der Waals surface area contributed by atoms with Crippen LogP contribution in [0.1, 0.15) is 34.1 Å². The highest BCUT2D eigenvalue weighted by molar-refractivity contribution is 6.21. The third kappa shape index (κ3) is 1.81. The minimum absolute atomic E-state index is 0.207. The third-order valence-corrected chi connectivity index (χ3v) is 2.94. The molecule has 18 heavy (non-hydrogen) atoms. The number of hydrogen-bond acceptors (Lipinski definition) is 4. The van der Waals surface area contributed by atoms with Crippen LogP contribution in [0.2, 0.25) is 0 Å². The number of carbonyl (C=O) groups is 2. The fraction of sp³-hybridized carbons (Fsp3) is 0.250. The Morgan fingerprint density at radius 3 is 2.22 bits per heavy atom. The zero-order valence-electron chi connectivity index (χ0n) is 9.96. The molecule has 0 saturated heterocycles. The summed E-state index contributed by atoms with van der Waals surface area (Å²) in [6, 6.07) is 6.37. The lowest BCUT2D eigenvalue weighted by atomic mass is 10.1. The molecule has 1 aliphatic rings. The highest BCUT2D eigenvalue weighted by atomic mass is 16.2. The number of imide groups is 1. The largest absolute Gasteiger partial charge is 0.386 e. The lowest BCUT2D eigenvalue weighted by Crippen LogP contribution is -2.40. The Balaban J connectivity index is 2.28. The van der Waals surface area contributed by atoms with Gasteiger partial charge in [-0.05, 0) is 19.1 Å². The van der Waals surface area contributed by atoms with E-state index in [1.54, 1.807) is 31.2 Å². The first-order chi connectivity index (χ1) is 8.56. The van der Waals surface area contributed by atoms with E-state index in [4.69, 9.17) is 11.6 Å². The Morgan fingerprint density at radius 1 is 1.28 bits per heavy atom. The van der Waals surface area contributed by atoms with Crippen LogP contribution in [0.3, 0.4) is 0 Å². The summed E-state index contributed by atoms with van der Waals surface area (Å²) in [4.78, 5) is 25.4. The first-order valence-electron chi connectivity index (χ1n) is 5.55. The van der Waals surface area contributed by atoms with Gasteiger partial charge in [-0.1, -0.05) is 12.1 Å². The van der Waals surface area contributed by atoms with E-state index >= 15 is 0 Å². The summed E-state index contributed by atoms with van der Waals surface area (Å²) in [5, 5.41) is 3.34. The molecule has 1 heterocycles. The van der Waals surface area contributed by atoms with Gasteiger partial charge in [-0.15, -0.1) is 0 Å². The summed E-state index contributed by atoms with van der Waals surface area (Å²) in [6.45, 7) is 1.74. The fourth-order valence-electron chi connectivity index (χ4n) is 2.05. The second-order valence-electron chi connectivity index (χ2n) is 4.20. The summed E-state index contributed by atoms with van der Waals surface area (Å²) in [7, 11) is 0. The van der Waals surface area contributed by atoms with Crippen LogP contribution in [0, 0.1) is 0 Å². The predicted octanol–water partition coefficient (Wildman–Crippen LogP) is 0.292. The van der Waals surface area contributed by atoms with Crippen molar-refractivity contribution in [2.24, 2.45) is 16.7 Å². The molecular weight excluding hydrogens is 232 g/mol. The average Bonchev–Trinajstić information content (AvgIpc) is 2.62. The van der Waals surface area contributed by atoms with Gasteiger partial charge >= 0.3 is 0 Å².